The number of hydrogen-bond donors (Lipinski definition) is 1. The second kappa shape index (κ2) is 4.96. The van der Waals surface area contributed by atoms with Gasteiger partial charge in [0.2, 0.25) is 0 Å². The molecule has 0 spiro atoms. The van der Waals surface area contributed by atoms with Crippen LogP contribution >= 0.6 is 0 Å². The summed E-state index contributed by atoms with van der Waals surface area (Å²) >= 11 is 0. The van der Waals surface area contributed by atoms with Gasteiger partial charge in [-0.25, -0.2) is 0 Å². The maximum atomic E-state index is 7.97. The Kier molecular flexibility index (Phi) is 4.76. The van der Waals surface area contributed by atoms with Crippen molar-refractivity contribution in [2.24, 2.45) is 16.7 Å². The van der Waals surface area contributed by atoms with E-state index in [9.17, 15) is 0 Å². The molecule has 0 aliphatic carbocycles. The van der Waals surface area contributed by atoms with Gasteiger partial charge in [-0.1, -0.05) is 54.5 Å². The van der Waals surface area contributed by atoms with Crippen LogP contribution in [-0.4, -0.2) is 5.71 Å². The second-order valence-electron chi connectivity index (χ2n) is 6.71. The zero-order valence-electron chi connectivity index (χ0n) is 11.4. The lowest BCUT2D eigenvalue weighted by Gasteiger charge is -2.26. The van der Waals surface area contributed by atoms with Gasteiger partial charge in [-0.05, 0) is 23.3 Å². The third-order valence-corrected chi connectivity index (χ3v) is 2.79. The fourth-order valence-electron chi connectivity index (χ4n) is 1.15. The highest BCUT2D eigenvalue weighted by Gasteiger charge is 2.22. The Morgan fingerprint density at radius 1 is 1.13 bits per heavy atom. The molecule has 0 saturated carbocycles. The number of nitrogens with one attached hydrogen (secondary N) is 1. The van der Waals surface area contributed by atoms with Crippen molar-refractivity contribution in [3.8, 4) is 0 Å². The molecule has 0 aliphatic rings. The maximum absolute atomic E-state index is 7.97. The van der Waals surface area contributed by atoms with Crippen LogP contribution in [0.3, 0.4) is 0 Å². The molecule has 0 aromatic rings. The maximum Gasteiger partial charge on any atom is 0.0344 e. The molecule has 0 aromatic carbocycles. The van der Waals surface area contributed by atoms with Gasteiger partial charge in [-0.3, -0.25) is 0 Å². The number of hydrogen-bond acceptors (Lipinski definition) is 1. The Morgan fingerprint density at radius 2 is 1.60 bits per heavy atom. The van der Waals surface area contributed by atoms with Crippen molar-refractivity contribution in [3.05, 3.63) is 12.2 Å². The van der Waals surface area contributed by atoms with Gasteiger partial charge in [0, 0.05) is 11.6 Å². The van der Waals surface area contributed by atoms with Crippen LogP contribution < -0.4 is 0 Å². The van der Waals surface area contributed by atoms with Crippen molar-refractivity contribution >= 4 is 5.71 Å². The topological polar surface area (TPSA) is 23.9 Å². The van der Waals surface area contributed by atoms with E-state index in [4.69, 9.17) is 5.41 Å². The minimum Gasteiger partial charge on any atom is -0.305 e. The molecular weight excluding hydrogens is 182 g/mol. The van der Waals surface area contributed by atoms with Crippen LogP contribution in [0.1, 0.15) is 54.9 Å². The van der Waals surface area contributed by atoms with Crippen LogP contribution in [0, 0.1) is 22.2 Å². The SMILES string of the molecule is CC(C(=N)/C=C\CC(C)(C)C)C(C)(C)C. The lowest BCUT2D eigenvalue weighted by atomic mass is 9.79. The number of allylic oxidation sites excluding steroid dienone is 2. The minimum atomic E-state index is 0.184. The first-order chi connectivity index (χ1) is 6.54. The summed E-state index contributed by atoms with van der Waals surface area (Å²) in [4.78, 5) is 0. The second-order valence-corrected chi connectivity index (χ2v) is 6.71. The normalized spacial score (nSPS) is 15.7. The van der Waals surface area contributed by atoms with Gasteiger partial charge in [0.15, 0.2) is 0 Å². The van der Waals surface area contributed by atoms with E-state index in [2.05, 4.69) is 54.5 Å². The summed E-state index contributed by atoms with van der Waals surface area (Å²) < 4.78 is 0. The molecule has 0 aromatic heterocycles. The lowest BCUT2D eigenvalue weighted by Crippen LogP contribution is -2.23. The van der Waals surface area contributed by atoms with Crippen LogP contribution in [0.5, 0.6) is 0 Å². The molecular formula is C14H27N. The molecule has 1 N–H and O–H groups in total. The summed E-state index contributed by atoms with van der Waals surface area (Å²) in [5, 5.41) is 7.97. The highest BCUT2D eigenvalue weighted by Crippen LogP contribution is 2.27. The summed E-state index contributed by atoms with van der Waals surface area (Å²) in [6.07, 6.45) is 5.14. The van der Waals surface area contributed by atoms with Gasteiger partial charge in [-0.15, -0.1) is 0 Å². The average molecular weight is 209 g/mol. The summed E-state index contributed by atoms with van der Waals surface area (Å²) in [5.41, 5.74) is 1.25. The Labute approximate surface area is 95.5 Å². The Hall–Kier alpha value is -0.590. The quantitative estimate of drug-likeness (QED) is 0.653. The number of rotatable bonds is 3. The molecule has 0 rings (SSSR count). The zero-order valence-corrected chi connectivity index (χ0v) is 11.4. The molecule has 0 radical (unpaired) electrons. The zero-order chi connectivity index (χ0) is 12.3. The van der Waals surface area contributed by atoms with Gasteiger partial charge in [0.05, 0.1) is 0 Å². The molecule has 15 heavy (non-hydrogen) atoms. The van der Waals surface area contributed by atoms with Gasteiger partial charge in [0.25, 0.3) is 0 Å². The first-order valence-corrected chi connectivity index (χ1v) is 5.79. The fraction of sp³-hybridized carbons (Fsp3) is 0.786. The van der Waals surface area contributed by atoms with Gasteiger partial charge in [0.1, 0.15) is 0 Å². The van der Waals surface area contributed by atoms with Crippen LogP contribution in [-0.2, 0) is 0 Å². The molecule has 1 unspecified atom stereocenters. The van der Waals surface area contributed by atoms with Gasteiger partial charge in [-0.2, -0.15) is 0 Å². The van der Waals surface area contributed by atoms with Crippen LogP contribution in [0.2, 0.25) is 0 Å². The van der Waals surface area contributed by atoms with Crippen molar-refractivity contribution in [1.82, 2.24) is 0 Å². The van der Waals surface area contributed by atoms with Crippen molar-refractivity contribution in [3.63, 3.8) is 0 Å². The molecule has 0 aliphatic heterocycles. The molecule has 0 saturated heterocycles. The minimum absolute atomic E-state index is 0.184. The predicted octanol–water partition coefficient (Wildman–Crippen LogP) is 4.68. The third kappa shape index (κ3) is 6.48. The molecule has 0 bridgehead atoms. The first kappa shape index (κ1) is 14.4. The Balaban J connectivity index is 4.27. The van der Waals surface area contributed by atoms with Crippen LogP contribution in [0.25, 0.3) is 0 Å². The van der Waals surface area contributed by atoms with Crippen LogP contribution in [0.15, 0.2) is 12.2 Å². The Bertz CT molecular complexity index is 235. The first-order valence-electron chi connectivity index (χ1n) is 5.79. The van der Waals surface area contributed by atoms with Crippen molar-refractivity contribution < 1.29 is 0 Å². The van der Waals surface area contributed by atoms with E-state index in [1.54, 1.807) is 0 Å². The molecule has 1 atom stereocenters. The highest BCUT2D eigenvalue weighted by atomic mass is 14.5. The van der Waals surface area contributed by atoms with Crippen molar-refractivity contribution in [2.75, 3.05) is 0 Å². The summed E-state index contributed by atoms with van der Waals surface area (Å²) in [6, 6.07) is 0. The lowest BCUT2D eigenvalue weighted by molar-refractivity contribution is 0.333. The van der Waals surface area contributed by atoms with E-state index in [1.807, 2.05) is 6.08 Å². The van der Waals surface area contributed by atoms with Gasteiger partial charge >= 0.3 is 0 Å². The van der Waals surface area contributed by atoms with Gasteiger partial charge < -0.3 is 5.41 Å². The Morgan fingerprint density at radius 3 is 1.93 bits per heavy atom. The molecule has 88 valence electrons. The third-order valence-electron chi connectivity index (χ3n) is 2.79. The van der Waals surface area contributed by atoms with E-state index in [1.165, 1.54) is 0 Å². The van der Waals surface area contributed by atoms with E-state index in [-0.39, 0.29) is 5.41 Å². The van der Waals surface area contributed by atoms with E-state index in [0.717, 1.165) is 12.1 Å². The molecule has 1 nitrogen and oxygen atoms in total. The summed E-state index contributed by atoms with van der Waals surface area (Å²) in [7, 11) is 0. The smallest absolute Gasteiger partial charge is 0.0344 e. The standard InChI is InChI=1S/C14H27N/c1-11(14(5,6)7)12(15)9-8-10-13(2,3)4/h8-9,11,15H,10H2,1-7H3/b9-8-,15-12?. The fourth-order valence-corrected chi connectivity index (χ4v) is 1.15. The predicted molar refractivity (Wildman–Crippen MR) is 69.6 cm³/mol. The van der Waals surface area contributed by atoms with E-state index >= 15 is 0 Å². The monoisotopic (exact) mass is 209 g/mol. The van der Waals surface area contributed by atoms with E-state index in [0.29, 0.717) is 11.3 Å². The average Bonchev–Trinajstić information content (AvgIpc) is 1.98. The summed E-state index contributed by atoms with van der Waals surface area (Å²) in [6.45, 7) is 15.3. The highest BCUT2D eigenvalue weighted by molar-refractivity contribution is 5.94. The van der Waals surface area contributed by atoms with Crippen molar-refractivity contribution in [2.45, 2.75) is 54.9 Å². The molecule has 0 amide bonds. The molecule has 0 fully saturated rings. The largest absolute Gasteiger partial charge is 0.305 e. The molecule has 1 heteroatoms. The van der Waals surface area contributed by atoms with E-state index < -0.39 is 0 Å². The van der Waals surface area contributed by atoms with Crippen molar-refractivity contribution in [1.29, 1.82) is 5.41 Å². The van der Waals surface area contributed by atoms with Crippen LogP contribution in [0.4, 0.5) is 0 Å². The summed E-state index contributed by atoms with van der Waals surface area (Å²) in [5.74, 6) is 0.314. The molecule has 0 heterocycles.